The summed E-state index contributed by atoms with van der Waals surface area (Å²) < 4.78 is 2.46. The molecule has 1 aromatic heterocycles. The normalized spacial score (nSPS) is 11.3. The summed E-state index contributed by atoms with van der Waals surface area (Å²) in [5.74, 6) is 0. The quantitative estimate of drug-likeness (QED) is 0.150. The summed E-state index contributed by atoms with van der Waals surface area (Å²) >= 11 is 0. The summed E-state index contributed by atoms with van der Waals surface area (Å²) in [7, 11) is 0. The molecule has 0 amide bonds. The van der Waals surface area contributed by atoms with Gasteiger partial charge in [-0.05, 0) is 98.8 Å². The molecular formula is C58H40N2. The van der Waals surface area contributed by atoms with Crippen molar-refractivity contribution in [2.24, 2.45) is 0 Å². The van der Waals surface area contributed by atoms with Crippen LogP contribution in [0.1, 0.15) is 0 Å². The molecule has 1 heterocycles. The number of para-hydroxylation sites is 4. The van der Waals surface area contributed by atoms with E-state index in [9.17, 15) is 0 Å². The molecule has 60 heavy (non-hydrogen) atoms. The molecule has 0 saturated heterocycles. The molecule has 0 fully saturated rings. The van der Waals surface area contributed by atoms with E-state index in [1.165, 1.54) is 71.5 Å². The Morgan fingerprint density at radius 1 is 0.283 bits per heavy atom. The van der Waals surface area contributed by atoms with Crippen LogP contribution in [0.25, 0.3) is 82.8 Å². The lowest BCUT2D eigenvalue weighted by Crippen LogP contribution is -2.09. The van der Waals surface area contributed by atoms with Crippen molar-refractivity contribution in [3.05, 3.63) is 243 Å². The van der Waals surface area contributed by atoms with Crippen LogP contribution in [0.4, 0.5) is 17.1 Å². The van der Waals surface area contributed by atoms with Crippen LogP contribution in [0, 0.1) is 0 Å². The Kier molecular flexibility index (Phi) is 8.87. The van der Waals surface area contributed by atoms with E-state index in [1.807, 2.05) is 0 Å². The predicted octanol–water partition coefficient (Wildman–Crippen LogP) is 16.1. The van der Waals surface area contributed by atoms with E-state index in [0.29, 0.717) is 0 Å². The zero-order valence-corrected chi connectivity index (χ0v) is 33.0. The van der Waals surface area contributed by atoms with E-state index in [4.69, 9.17) is 0 Å². The van der Waals surface area contributed by atoms with Crippen molar-refractivity contribution in [3.8, 4) is 50.2 Å². The Bertz CT molecular complexity index is 3270. The van der Waals surface area contributed by atoms with Gasteiger partial charge in [-0.1, -0.05) is 188 Å². The minimum absolute atomic E-state index is 1.10. The molecule has 0 unspecified atom stereocenters. The summed E-state index contributed by atoms with van der Waals surface area (Å²) in [5, 5.41) is 5.02. The zero-order valence-electron chi connectivity index (χ0n) is 33.0. The number of hydrogen-bond acceptors (Lipinski definition) is 1. The minimum atomic E-state index is 1.10. The molecular weight excluding hydrogens is 725 g/mol. The first-order valence-electron chi connectivity index (χ1n) is 20.6. The Hall–Kier alpha value is -7.94. The van der Waals surface area contributed by atoms with E-state index in [2.05, 4.69) is 252 Å². The smallest absolute Gasteiger partial charge is 0.0619 e. The summed E-state index contributed by atoms with van der Waals surface area (Å²) in [6, 6.07) is 87.7. The van der Waals surface area contributed by atoms with Gasteiger partial charge >= 0.3 is 0 Å². The van der Waals surface area contributed by atoms with E-state index < -0.39 is 0 Å². The highest BCUT2D eigenvalue weighted by molar-refractivity contribution is 6.14. The molecule has 2 heteroatoms. The van der Waals surface area contributed by atoms with Gasteiger partial charge in [-0.25, -0.2) is 0 Å². The molecule has 11 rings (SSSR count). The van der Waals surface area contributed by atoms with Crippen molar-refractivity contribution in [2.75, 3.05) is 4.90 Å². The fourth-order valence-corrected chi connectivity index (χ4v) is 8.87. The lowest BCUT2D eigenvalue weighted by molar-refractivity contribution is 1.18. The first-order chi connectivity index (χ1) is 29.8. The summed E-state index contributed by atoms with van der Waals surface area (Å²) in [5.41, 5.74) is 16.5. The van der Waals surface area contributed by atoms with Crippen LogP contribution in [0.2, 0.25) is 0 Å². The predicted molar refractivity (Wildman–Crippen MR) is 255 cm³/mol. The third-order valence-electron chi connectivity index (χ3n) is 11.8. The van der Waals surface area contributed by atoms with Gasteiger partial charge in [0.25, 0.3) is 0 Å². The maximum Gasteiger partial charge on any atom is 0.0619 e. The van der Waals surface area contributed by atoms with Crippen LogP contribution in [-0.2, 0) is 0 Å². The van der Waals surface area contributed by atoms with Gasteiger partial charge in [0.05, 0.1) is 16.7 Å². The number of rotatable bonds is 8. The van der Waals surface area contributed by atoms with Crippen molar-refractivity contribution in [3.63, 3.8) is 0 Å². The second-order valence-electron chi connectivity index (χ2n) is 15.3. The van der Waals surface area contributed by atoms with Crippen molar-refractivity contribution < 1.29 is 0 Å². The largest absolute Gasteiger partial charge is 0.311 e. The lowest BCUT2D eigenvalue weighted by atomic mass is 9.98. The highest BCUT2D eigenvalue weighted by Crippen LogP contribution is 2.42. The highest BCUT2D eigenvalue weighted by atomic mass is 15.1. The number of anilines is 3. The molecule has 0 N–H and O–H groups in total. The zero-order chi connectivity index (χ0) is 39.8. The maximum absolute atomic E-state index is 2.46. The molecule has 0 aliphatic heterocycles. The number of fused-ring (bicyclic) bond motifs is 4. The lowest BCUT2D eigenvalue weighted by Gasteiger charge is -2.26. The van der Waals surface area contributed by atoms with E-state index in [0.717, 1.165) is 28.3 Å². The van der Waals surface area contributed by atoms with Crippen LogP contribution in [-0.4, -0.2) is 4.57 Å². The number of benzene rings is 10. The monoisotopic (exact) mass is 764 g/mol. The van der Waals surface area contributed by atoms with Crippen molar-refractivity contribution in [2.45, 2.75) is 0 Å². The van der Waals surface area contributed by atoms with Crippen molar-refractivity contribution >= 4 is 49.6 Å². The Morgan fingerprint density at radius 2 is 0.767 bits per heavy atom. The number of nitrogens with zero attached hydrogens (tertiary/aromatic N) is 2. The molecule has 2 nitrogen and oxygen atoms in total. The van der Waals surface area contributed by atoms with E-state index in [-0.39, 0.29) is 0 Å². The average molecular weight is 765 g/mol. The summed E-state index contributed by atoms with van der Waals surface area (Å²) in [4.78, 5) is 2.33. The molecule has 0 aliphatic carbocycles. The number of hydrogen-bond donors (Lipinski definition) is 0. The van der Waals surface area contributed by atoms with Gasteiger partial charge in [-0.15, -0.1) is 0 Å². The van der Waals surface area contributed by atoms with Gasteiger partial charge in [0.15, 0.2) is 0 Å². The number of aromatic nitrogens is 1. The molecule has 0 aliphatic rings. The highest BCUT2D eigenvalue weighted by Gasteiger charge is 2.19. The molecule has 0 radical (unpaired) electrons. The Morgan fingerprint density at radius 3 is 1.50 bits per heavy atom. The molecule has 0 saturated carbocycles. The Balaban J connectivity index is 0.944. The van der Waals surface area contributed by atoms with Gasteiger partial charge < -0.3 is 9.47 Å². The standard InChI is InChI=1S/C58H40N2/c1-3-15-45(16-4-1)53-22-13-23-55-54-21-10-12-25-57(54)60(58(53)55)56-24-11-9-20-52(56)46-34-38-51(39-35-46)59(49-18-5-2-6-19-49)50-36-32-43(33-37-50)42-26-28-44(29-27-42)48-31-30-41-14-7-8-17-47(41)40-48/h1-40H. The molecule has 0 bridgehead atoms. The van der Waals surface area contributed by atoms with Crippen LogP contribution in [0.3, 0.4) is 0 Å². The molecule has 282 valence electrons. The minimum Gasteiger partial charge on any atom is -0.311 e. The molecule has 11 aromatic rings. The second-order valence-corrected chi connectivity index (χ2v) is 15.3. The summed E-state index contributed by atoms with van der Waals surface area (Å²) in [6.07, 6.45) is 0. The third-order valence-corrected chi connectivity index (χ3v) is 11.8. The Labute approximate surface area is 350 Å². The van der Waals surface area contributed by atoms with Gasteiger partial charge in [0.2, 0.25) is 0 Å². The van der Waals surface area contributed by atoms with Crippen molar-refractivity contribution in [1.29, 1.82) is 0 Å². The van der Waals surface area contributed by atoms with Gasteiger partial charge in [-0.3, -0.25) is 0 Å². The topological polar surface area (TPSA) is 8.17 Å². The molecule has 10 aromatic carbocycles. The van der Waals surface area contributed by atoms with Gasteiger partial charge in [0, 0.05) is 39.0 Å². The van der Waals surface area contributed by atoms with Gasteiger partial charge in [0.1, 0.15) is 0 Å². The van der Waals surface area contributed by atoms with Crippen LogP contribution < -0.4 is 4.90 Å². The van der Waals surface area contributed by atoms with Crippen LogP contribution in [0.15, 0.2) is 243 Å². The van der Waals surface area contributed by atoms with Crippen LogP contribution in [0.5, 0.6) is 0 Å². The fourth-order valence-electron chi connectivity index (χ4n) is 8.87. The SMILES string of the molecule is c1ccc(-c2cccc3c4ccccc4n(-c4ccccc4-c4ccc(N(c5ccccc5)c5ccc(-c6ccc(-c7ccc8ccccc8c7)cc6)cc5)cc4)c23)cc1. The first kappa shape index (κ1) is 35.2. The van der Waals surface area contributed by atoms with E-state index in [1.54, 1.807) is 0 Å². The van der Waals surface area contributed by atoms with Crippen molar-refractivity contribution in [1.82, 2.24) is 4.57 Å². The molecule has 0 spiro atoms. The average Bonchev–Trinajstić information content (AvgIpc) is 3.67. The molecule has 0 atom stereocenters. The maximum atomic E-state index is 2.46. The van der Waals surface area contributed by atoms with Crippen LogP contribution >= 0.6 is 0 Å². The van der Waals surface area contributed by atoms with Gasteiger partial charge in [-0.2, -0.15) is 0 Å². The third kappa shape index (κ3) is 6.32. The summed E-state index contributed by atoms with van der Waals surface area (Å²) in [6.45, 7) is 0. The van der Waals surface area contributed by atoms with E-state index >= 15 is 0 Å². The first-order valence-corrected chi connectivity index (χ1v) is 20.6. The second kappa shape index (κ2) is 15.1. The fraction of sp³-hybridized carbons (Fsp3) is 0.